The van der Waals surface area contributed by atoms with Gasteiger partial charge in [0.2, 0.25) is 5.95 Å². The van der Waals surface area contributed by atoms with E-state index < -0.39 is 0 Å². The van der Waals surface area contributed by atoms with Gasteiger partial charge in [-0.1, -0.05) is 24.9 Å². The number of halogens is 1. The van der Waals surface area contributed by atoms with Crippen molar-refractivity contribution in [2.45, 2.75) is 26.7 Å². The number of unbranched alkanes of at least 4 members (excludes halogenated alkanes) is 1. The Kier molecular flexibility index (Phi) is 3.79. The molecule has 0 radical (unpaired) electrons. The quantitative estimate of drug-likeness (QED) is 0.838. The molecule has 90 valence electrons. The highest BCUT2D eigenvalue weighted by molar-refractivity contribution is 6.31. The minimum Gasteiger partial charge on any atom is -0.354 e. The molecule has 17 heavy (non-hydrogen) atoms. The monoisotopic (exact) mass is 249 g/mol. The first kappa shape index (κ1) is 12.1. The molecule has 1 N–H and O–H groups in total. The zero-order chi connectivity index (χ0) is 12.3. The van der Waals surface area contributed by atoms with Crippen LogP contribution in [0.3, 0.4) is 0 Å². The maximum Gasteiger partial charge on any atom is 0.223 e. The fraction of sp³-hybridized carbons (Fsp3) is 0.385. The number of anilines is 1. The number of fused-ring (bicyclic) bond motifs is 1. The Bertz CT molecular complexity index is 525. The predicted octanol–water partition coefficient (Wildman–Crippen LogP) is 3.80. The Morgan fingerprint density at radius 1 is 1.29 bits per heavy atom. The summed E-state index contributed by atoms with van der Waals surface area (Å²) in [7, 11) is 0. The van der Waals surface area contributed by atoms with Crippen LogP contribution in [0.2, 0.25) is 5.02 Å². The molecule has 0 spiro atoms. The van der Waals surface area contributed by atoms with E-state index in [0.717, 1.165) is 36.0 Å². The fourth-order valence-corrected chi connectivity index (χ4v) is 1.88. The fourth-order valence-electron chi connectivity index (χ4n) is 1.72. The second-order valence-electron chi connectivity index (χ2n) is 4.07. The average Bonchev–Trinajstić information content (AvgIpc) is 2.28. The number of aromatic nitrogens is 2. The Morgan fingerprint density at radius 3 is 2.88 bits per heavy atom. The zero-order valence-corrected chi connectivity index (χ0v) is 10.9. The third kappa shape index (κ3) is 2.86. The average molecular weight is 250 g/mol. The van der Waals surface area contributed by atoms with Crippen molar-refractivity contribution in [3.63, 3.8) is 0 Å². The summed E-state index contributed by atoms with van der Waals surface area (Å²) in [5.74, 6) is 0.686. The summed E-state index contributed by atoms with van der Waals surface area (Å²) in [4.78, 5) is 8.90. The van der Waals surface area contributed by atoms with Crippen LogP contribution in [0.15, 0.2) is 18.2 Å². The summed E-state index contributed by atoms with van der Waals surface area (Å²) in [5.41, 5.74) is 1.87. The highest BCUT2D eigenvalue weighted by atomic mass is 35.5. The molecule has 0 bridgehead atoms. The Balaban J connectivity index is 2.33. The van der Waals surface area contributed by atoms with Gasteiger partial charge in [-0.05, 0) is 31.5 Å². The lowest BCUT2D eigenvalue weighted by Gasteiger charge is -2.07. The van der Waals surface area contributed by atoms with Crippen LogP contribution in [-0.4, -0.2) is 16.5 Å². The summed E-state index contributed by atoms with van der Waals surface area (Å²) in [6, 6.07) is 5.70. The summed E-state index contributed by atoms with van der Waals surface area (Å²) >= 11 is 5.97. The first-order valence-electron chi connectivity index (χ1n) is 5.88. The van der Waals surface area contributed by atoms with Gasteiger partial charge >= 0.3 is 0 Å². The van der Waals surface area contributed by atoms with Crippen LogP contribution >= 0.6 is 11.6 Å². The molecule has 0 atom stereocenters. The van der Waals surface area contributed by atoms with Crippen molar-refractivity contribution in [1.82, 2.24) is 9.97 Å². The highest BCUT2D eigenvalue weighted by Gasteiger charge is 2.04. The summed E-state index contributed by atoms with van der Waals surface area (Å²) in [6.07, 6.45) is 2.28. The normalized spacial score (nSPS) is 10.8. The first-order chi connectivity index (χ1) is 8.20. The molecule has 1 aromatic carbocycles. The smallest absolute Gasteiger partial charge is 0.223 e. The third-order valence-electron chi connectivity index (χ3n) is 2.66. The molecule has 0 unspecified atom stereocenters. The van der Waals surface area contributed by atoms with Gasteiger partial charge in [0.05, 0.1) is 11.2 Å². The second kappa shape index (κ2) is 5.32. The summed E-state index contributed by atoms with van der Waals surface area (Å²) in [6.45, 7) is 5.05. The van der Waals surface area contributed by atoms with E-state index >= 15 is 0 Å². The van der Waals surface area contributed by atoms with E-state index in [-0.39, 0.29) is 0 Å². The molecule has 1 aromatic heterocycles. The molecule has 2 rings (SSSR count). The van der Waals surface area contributed by atoms with Gasteiger partial charge in [-0.25, -0.2) is 9.97 Å². The Morgan fingerprint density at radius 2 is 2.12 bits per heavy atom. The van der Waals surface area contributed by atoms with E-state index in [2.05, 4.69) is 22.2 Å². The van der Waals surface area contributed by atoms with Gasteiger partial charge in [-0.15, -0.1) is 0 Å². The van der Waals surface area contributed by atoms with Crippen molar-refractivity contribution in [2.24, 2.45) is 0 Å². The third-order valence-corrected chi connectivity index (χ3v) is 2.90. The molecule has 0 saturated heterocycles. The van der Waals surface area contributed by atoms with Crippen LogP contribution < -0.4 is 5.32 Å². The van der Waals surface area contributed by atoms with Crippen molar-refractivity contribution in [3.05, 3.63) is 28.9 Å². The number of benzene rings is 1. The number of aryl methyl sites for hydroxylation is 1. The number of nitrogens with one attached hydrogen (secondary N) is 1. The van der Waals surface area contributed by atoms with E-state index in [1.165, 1.54) is 0 Å². The largest absolute Gasteiger partial charge is 0.354 e. The molecular formula is C13H16ClN3. The first-order valence-corrected chi connectivity index (χ1v) is 6.26. The van der Waals surface area contributed by atoms with Gasteiger partial charge in [0.15, 0.2) is 0 Å². The van der Waals surface area contributed by atoms with Gasteiger partial charge in [0.25, 0.3) is 0 Å². The molecule has 0 aliphatic carbocycles. The zero-order valence-electron chi connectivity index (χ0n) is 10.1. The van der Waals surface area contributed by atoms with Gasteiger partial charge in [-0.3, -0.25) is 0 Å². The van der Waals surface area contributed by atoms with Crippen molar-refractivity contribution >= 4 is 28.5 Å². The minimum absolute atomic E-state index is 0.686. The van der Waals surface area contributed by atoms with Gasteiger partial charge < -0.3 is 5.32 Å². The molecule has 0 amide bonds. The van der Waals surface area contributed by atoms with Crippen molar-refractivity contribution in [3.8, 4) is 0 Å². The SMILES string of the molecule is CCCCNc1nc(C)c2ccc(Cl)cc2n1. The molecule has 0 saturated carbocycles. The lowest BCUT2D eigenvalue weighted by Crippen LogP contribution is -2.06. The summed E-state index contributed by atoms with van der Waals surface area (Å²) < 4.78 is 0. The Labute approximate surface area is 106 Å². The minimum atomic E-state index is 0.686. The molecule has 3 nitrogen and oxygen atoms in total. The van der Waals surface area contributed by atoms with Crippen LogP contribution in [0.25, 0.3) is 10.9 Å². The molecule has 0 aliphatic rings. The van der Waals surface area contributed by atoms with Crippen molar-refractivity contribution < 1.29 is 0 Å². The van der Waals surface area contributed by atoms with Gasteiger partial charge in [0, 0.05) is 17.0 Å². The highest BCUT2D eigenvalue weighted by Crippen LogP contribution is 2.21. The van der Waals surface area contributed by atoms with E-state index in [9.17, 15) is 0 Å². The lowest BCUT2D eigenvalue weighted by atomic mass is 10.2. The molecular weight excluding hydrogens is 234 g/mol. The molecule has 2 aromatic rings. The Hall–Kier alpha value is -1.35. The van der Waals surface area contributed by atoms with Crippen LogP contribution in [0.4, 0.5) is 5.95 Å². The number of rotatable bonds is 4. The second-order valence-corrected chi connectivity index (χ2v) is 4.51. The van der Waals surface area contributed by atoms with E-state index in [4.69, 9.17) is 11.6 Å². The van der Waals surface area contributed by atoms with Crippen LogP contribution in [0.5, 0.6) is 0 Å². The predicted molar refractivity (Wildman–Crippen MR) is 72.7 cm³/mol. The number of hydrogen-bond acceptors (Lipinski definition) is 3. The molecule has 4 heteroatoms. The van der Waals surface area contributed by atoms with Crippen LogP contribution in [-0.2, 0) is 0 Å². The molecule has 1 heterocycles. The summed E-state index contributed by atoms with van der Waals surface area (Å²) in [5, 5.41) is 4.99. The topological polar surface area (TPSA) is 37.8 Å². The molecule has 0 aliphatic heterocycles. The number of hydrogen-bond donors (Lipinski definition) is 1. The van der Waals surface area contributed by atoms with Crippen LogP contribution in [0.1, 0.15) is 25.5 Å². The van der Waals surface area contributed by atoms with E-state index in [1.54, 1.807) is 0 Å². The van der Waals surface area contributed by atoms with Crippen molar-refractivity contribution in [2.75, 3.05) is 11.9 Å². The maximum absolute atomic E-state index is 5.97. The molecule has 0 fully saturated rings. The van der Waals surface area contributed by atoms with E-state index in [0.29, 0.717) is 11.0 Å². The van der Waals surface area contributed by atoms with E-state index in [1.807, 2.05) is 25.1 Å². The van der Waals surface area contributed by atoms with Crippen molar-refractivity contribution in [1.29, 1.82) is 0 Å². The lowest BCUT2D eigenvalue weighted by molar-refractivity contribution is 0.826. The maximum atomic E-state index is 5.97. The van der Waals surface area contributed by atoms with Crippen LogP contribution in [0, 0.1) is 6.92 Å². The number of nitrogens with zero attached hydrogens (tertiary/aromatic N) is 2. The van der Waals surface area contributed by atoms with Gasteiger partial charge in [0.1, 0.15) is 0 Å². The standard InChI is InChI=1S/C13H16ClN3/c1-3-4-7-15-13-16-9(2)11-6-5-10(14)8-12(11)17-13/h5-6,8H,3-4,7H2,1-2H3,(H,15,16,17). The van der Waals surface area contributed by atoms with Gasteiger partial charge in [-0.2, -0.15) is 0 Å².